The molecule has 1 aromatic carbocycles. The van der Waals surface area contributed by atoms with E-state index in [9.17, 15) is 5.11 Å². The van der Waals surface area contributed by atoms with Crippen LogP contribution in [0.4, 0.5) is 0 Å². The van der Waals surface area contributed by atoms with Crippen LogP contribution in [0, 0.1) is 5.41 Å². The van der Waals surface area contributed by atoms with Crippen molar-refractivity contribution in [1.82, 2.24) is 4.98 Å². The average molecular weight is 290 g/mol. The van der Waals surface area contributed by atoms with E-state index in [1.807, 2.05) is 31.3 Å². The number of rotatable bonds is 8. The van der Waals surface area contributed by atoms with Crippen LogP contribution in [0.1, 0.15) is 31.7 Å². The number of aliphatic hydroxyl groups excluding tert-OH is 2. The SMILES string of the molecule is CCCC(=N)Cc1c(OC(O)CCO)ccc2cc[nH]c12. The van der Waals surface area contributed by atoms with Crippen molar-refractivity contribution in [3.05, 3.63) is 30.0 Å². The van der Waals surface area contributed by atoms with Crippen LogP contribution in [0.25, 0.3) is 10.9 Å². The zero-order valence-electron chi connectivity index (χ0n) is 12.2. The summed E-state index contributed by atoms with van der Waals surface area (Å²) in [6.07, 6.45) is 3.15. The predicted octanol–water partition coefficient (Wildman–Crippen LogP) is 2.61. The van der Waals surface area contributed by atoms with Gasteiger partial charge in [-0.1, -0.05) is 13.3 Å². The lowest BCUT2D eigenvalue weighted by Crippen LogP contribution is -2.18. The summed E-state index contributed by atoms with van der Waals surface area (Å²) < 4.78 is 5.52. The van der Waals surface area contributed by atoms with Gasteiger partial charge in [0.1, 0.15) is 5.75 Å². The zero-order valence-corrected chi connectivity index (χ0v) is 12.2. The first-order valence-corrected chi connectivity index (χ1v) is 7.26. The molecule has 4 N–H and O–H groups in total. The van der Waals surface area contributed by atoms with Crippen LogP contribution < -0.4 is 4.74 Å². The van der Waals surface area contributed by atoms with Gasteiger partial charge in [0, 0.05) is 36.9 Å². The van der Waals surface area contributed by atoms with Gasteiger partial charge in [0.25, 0.3) is 0 Å². The molecule has 0 saturated carbocycles. The smallest absolute Gasteiger partial charge is 0.199 e. The first-order valence-electron chi connectivity index (χ1n) is 7.26. The number of ether oxygens (including phenoxy) is 1. The molecule has 1 aromatic heterocycles. The maximum atomic E-state index is 9.74. The molecule has 2 rings (SSSR count). The van der Waals surface area contributed by atoms with Crippen molar-refractivity contribution in [1.29, 1.82) is 5.41 Å². The Balaban J connectivity index is 2.32. The van der Waals surface area contributed by atoms with E-state index in [4.69, 9.17) is 15.3 Å². The summed E-state index contributed by atoms with van der Waals surface area (Å²) in [7, 11) is 0. The van der Waals surface area contributed by atoms with Crippen molar-refractivity contribution >= 4 is 16.6 Å². The number of hydrogen-bond acceptors (Lipinski definition) is 4. The Hall–Kier alpha value is -1.85. The second-order valence-electron chi connectivity index (χ2n) is 5.10. The molecule has 0 spiro atoms. The third kappa shape index (κ3) is 3.83. The van der Waals surface area contributed by atoms with Crippen LogP contribution in [-0.2, 0) is 6.42 Å². The van der Waals surface area contributed by atoms with E-state index >= 15 is 0 Å². The zero-order chi connectivity index (χ0) is 15.2. The van der Waals surface area contributed by atoms with Gasteiger partial charge in [-0.2, -0.15) is 0 Å². The molecule has 0 bridgehead atoms. The van der Waals surface area contributed by atoms with E-state index in [1.54, 1.807) is 0 Å². The molecule has 2 aromatic rings. The average Bonchev–Trinajstić information content (AvgIpc) is 2.90. The van der Waals surface area contributed by atoms with E-state index in [0.717, 1.165) is 29.3 Å². The summed E-state index contributed by atoms with van der Waals surface area (Å²) in [5.74, 6) is 0.562. The van der Waals surface area contributed by atoms with Crippen molar-refractivity contribution in [2.45, 2.75) is 38.9 Å². The van der Waals surface area contributed by atoms with Crippen LogP contribution in [0.3, 0.4) is 0 Å². The molecule has 0 aliphatic rings. The van der Waals surface area contributed by atoms with E-state index in [0.29, 0.717) is 17.9 Å². The van der Waals surface area contributed by atoms with Crippen molar-refractivity contribution in [3.63, 3.8) is 0 Å². The lowest BCUT2D eigenvalue weighted by molar-refractivity contribution is -0.0331. The third-order valence-electron chi connectivity index (χ3n) is 3.37. The quantitative estimate of drug-likeness (QED) is 0.445. The van der Waals surface area contributed by atoms with Crippen LogP contribution in [0.15, 0.2) is 24.4 Å². The molecule has 5 nitrogen and oxygen atoms in total. The largest absolute Gasteiger partial charge is 0.465 e. The summed E-state index contributed by atoms with van der Waals surface area (Å²) >= 11 is 0. The highest BCUT2D eigenvalue weighted by Crippen LogP contribution is 2.29. The fourth-order valence-electron chi connectivity index (χ4n) is 2.38. The van der Waals surface area contributed by atoms with Gasteiger partial charge in [0.2, 0.25) is 0 Å². The third-order valence-corrected chi connectivity index (χ3v) is 3.37. The molecule has 1 unspecified atom stereocenters. The Morgan fingerprint density at radius 1 is 1.38 bits per heavy atom. The standard InChI is InChI=1S/C16H22N2O3/c1-2-3-12(17)10-13-14(21-15(20)7-9-19)5-4-11-6-8-18-16(11)13/h4-6,8,15,17-20H,2-3,7,9-10H2,1H3. The van der Waals surface area contributed by atoms with E-state index in [1.165, 1.54) is 0 Å². The number of nitrogens with one attached hydrogen (secondary N) is 2. The molecule has 0 amide bonds. The Kier molecular flexibility index (Phi) is 5.36. The topological polar surface area (TPSA) is 89.3 Å². The van der Waals surface area contributed by atoms with Gasteiger partial charge in [-0.3, -0.25) is 0 Å². The maximum Gasteiger partial charge on any atom is 0.199 e. The van der Waals surface area contributed by atoms with Gasteiger partial charge in [-0.25, -0.2) is 0 Å². The first kappa shape index (κ1) is 15.5. The van der Waals surface area contributed by atoms with Gasteiger partial charge >= 0.3 is 0 Å². The second-order valence-corrected chi connectivity index (χ2v) is 5.10. The molecule has 0 fully saturated rings. The molecule has 1 atom stereocenters. The summed E-state index contributed by atoms with van der Waals surface area (Å²) in [5, 5.41) is 27.7. The molecule has 0 aliphatic carbocycles. The van der Waals surface area contributed by atoms with Crippen LogP contribution in [0.5, 0.6) is 5.75 Å². The van der Waals surface area contributed by atoms with E-state index in [-0.39, 0.29) is 13.0 Å². The van der Waals surface area contributed by atoms with Crippen molar-refractivity contribution in [3.8, 4) is 5.75 Å². The molecular formula is C16H22N2O3. The Morgan fingerprint density at radius 2 is 2.19 bits per heavy atom. The highest BCUT2D eigenvalue weighted by Gasteiger charge is 2.15. The van der Waals surface area contributed by atoms with Crippen LogP contribution in [-0.4, -0.2) is 33.8 Å². The highest BCUT2D eigenvalue weighted by molar-refractivity contribution is 5.92. The number of aliphatic hydroxyl groups is 2. The van der Waals surface area contributed by atoms with Gasteiger partial charge < -0.3 is 25.3 Å². The minimum absolute atomic E-state index is 0.132. The Morgan fingerprint density at radius 3 is 2.90 bits per heavy atom. The van der Waals surface area contributed by atoms with Gasteiger partial charge in [-0.15, -0.1) is 0 Å². The molecule has 5 heteroatoms. The molecule has 0 aliphatic heterocycles. The minimum Gasteiger partial charge on any atom is -0.465 e. The number of fused-ring (bicyclic) bond motifs is 1. The molecular weight excluding hydrogens is 268 g/mol. The molecule has 0 radical (unpaired) electrons. The summed E-state index contributed by atoms with van der Waals surface area (Å²) in [4.78, 5) is 3.17. The maximum absolute atomic E-state index is 9.74. The molecule has 1 heterocycles. The second kappa shape index (κ2) is 7.24. The summed E-state index contributed by atoms with van der Waals surface area (Å²) in [5.41, 5.74) is 2.46. The molecule has 114 valence electrons. The number of hydrogen-bond donors (Lipinski definition) is 4. The number of aromatic amines is 1. The lowest BCUT2D eigenvalue weighted by Gasteiger charge is -2.17. The van der Waals surface area contributed by atoms with Gasteiger partial charge in [-0.05, 0) is 30.0 Å². The van der Waals surface area contributed by atoms with E-state index in [2.05, 4.69) is 4.98 Å². The van der Waals surface area contributed by atoms with Crippen molar-refractivity contribution in [2.75, 3.05) is 6.61 Å². The summed E-state index contributed by atoms with van der Waals surface area (Å²) in [6, 6.07) is 5.70. The number of H-pyrrole nitrogens is 1. The van der Waals surface area contributed by atoms with E-state index < -0.39 is 6.29 Å². The van der Waals surface area contributed by atoms with Crippen LogP contribution >= 0.6 is 0 Å². The lowest BCUT2D eigenvalue weighted by atomic mass is 10.0. The fraction of sp³-hybridized carbons (Fsp3) is 0.438. The van der Waals surface area contributed by atoms with Crippen molar-refractivity contribution in [2.24, 2.45) is 0 Å². The fourth-order valence-corrected chi connectivity index (χ4v) is 2.38. The minimum atomic E-state index is -1.04. The molecule has 21 heavy (non-hydrogen) atoms. The predicted molar refractivity (Wildman–Crippen MR) is 83.0 cm³/mol. The van der Waals surface area contributed by atoms with Crippen molar-refractivity contribution < 1.29 is 14.9 Å². The summed E-state index contributed by atoms with van der Waals surface area (Å²) in [6.45, 7) is 1.92. The monoisotopic (exact) mass is 290 g/mol. The molecule has 0 saturated heterocycles. The Bertz CT molecular complexity index is 607. The highest BCUT2D eigenvalue weighted by atomic mass is 16.6. The first-order chi connectivity index (χ1) is 10.2. The van der Waals surface area contributed by atoms with Gasteiger partial charge in [0.05, 0.1) is 5.52 Å². The number of aromatic nitrogens is 1. The number of benzene rings is 1. The Labute approximate surface area is 124 Å². The van der Waals surface area contributed by atoms with Gasteiger partial charge in [0.15, 0.2) is 6.29 Å². The normalized spacial score (nSPS) is 12.5. The van der Waals surface area contributed by atoms with Crippen LogP contribution in [0.2, 0.25) is 0 Å².